The number of anilines is 1. The molecular formula is C17H20ClNO. The summed E-state index contributed by atoms with van der Waals surface area (Å²) < 4.78 is 5.94. The Balaban J connectivity index is 2.19. The van der Waals surface area contributed by atoms with Gasteiger partial charge < -0.3 is 10.5 Å². The Morgan fingerprint density at radius 1 is 1.15 bits per heavy atom. The predicted molar refractivity (Wildman–Crippen MR) is 85.3 cm³/mol. The zero-order valence-electron chi connectivity index (χ0n) is 11.9. The van der Waals surface area contributed by atoms with Crippen LogP contribution in [0.15, 0.2) is 42.5 Å². The van der Waals surface area contributed by atoms with E-state index in [4.69, 9.17) is 22.1 Å². The Labute approximate surface area is 125 Å². The highest BCUT2D eigenvalue weighted by molar-refractivity contribution is 6.31. The molecule has 0 saturated heterocycles. The molecular weight excluding hydrogens is 270 g/mol. The van der Waals surface area contributed by atoms with E-state index in [1.807, 2.05) is 36.4 Å². The second-order valence-electron chi connectivity index (χ2n) is 4.94. The third-order valence-electron chi connectivity index (χ3n) is 3.59. The van der Waals surface area contributed by atoms with Crippen molar-refractivity contribution < 1.29 is 4.74 Å². The maximum Gasteiger partial charge on any atom is 0.123 e. The van der Waals surface area contributed by atoms with Crippen molar-refractivity contribution in [3.8, 4) is 5.75 Å². The van der Waals surface area contributed by atoms with Crippen LogP contribution in [0.3, 0.4) is 0 Å². The minimum atomic E-state index is 0.388. The molecule has 2 N–H and O–H groups in total. The first-order valence-corrected chi connectivity index (χ1v) is 7.25. The fourth-order valence-corrected chi connectivity index (χ4v) is 2.35. The van der Waals surface area contributed by atoms with Crippen molar-refractivity contribution >= 4 is 17.3 Å². The summed E-state index contributed by atoms with van der Waals surface area (Å²) in [5.74, 6) is 1.37. The van der Waals surface area contributed by atoms with Gasteiger partial charge in [0.05, 0.1) is 0 Å². The van der Waals surface area contributed by atoms with E-state index in [2.05, 4.69) is 19.9 Å². The van der Waals surface area contributed by atoms with Crippen LogP contribution in [0.2, 0.25) is 5.02 Å². The number of hydrogen-bond acceptors (Lipinski definition) is 2. The molecule has 0 heterocycles. The van der Waals surface area contributed by atoms with E-state index in [-0.39, 0.29) is 0 Å². The first-order chi connectivity index (χ1) is 9.63. The van der Waals surface area contributed by atoms with Crippen LogP contribution in [-0.4, -0.2) is 0 Å². The zero-order valence-corrected chi connectivity index (χ0v) is 12.7. The maximum atomic E-state index is 6.17. The Morgan fingerprint density at radius 2 is 1.90 bits per heavy atom. The fraction of sp³-hybridized carbons (Fsp3) is 0.294. The predicted octanol–water partition coefficient (Wildman–Crippen LogP) is 5.01. The third-order valence-corrected chi connectivity index (χ3v) is 3.94. The SMILES string of the molecule is CCC(C)c1ccccc1OCc1c(N)cccc1Cl. The highest BCUT2D eigenvalue weighted by atomic mass is 35.5. The molecule has 106 valence electrons. The standard InChI is InChI=1S/C17H20ClNO/c1-3-12(2)13-7-4-5-10-17(13)20-11-14-15(18)8-6-9-16(14)19/h4-10,12H,3,11,19H2,1-2H3. The molecule has 0 aliphatic heterocycles. The number of halogens is 1. The summed E-state index contributed by atoms with van der Waals surface area (Å²) in [7, 11) is 0. The number of para-hydroxylation sites is 1. The minimum absolute atomic E-state index is 0.388. The highest BCUT2D eigenvalue weighted by Gasteiger charge is 2.11. The van der Waals surface area contributed by atoms with Gasteiger partial charge in [0.2, 0.25) is 0 Å². The normalized spacial score (nSPS) is 12.2. The van der Waals surface area contributed by atoms with E-state index in [0.29, 0.717) is 23.2 Å². The Bertz CT molecular complexity index is 563. The average molecular weight is 290 g/mol. The van der Waals surface area contributed by atoms with Crippen molar-refractivity contribution in [3.05, 3.63) is 58.6 Å². The molecule has 0 aromatic heterocycles. The van der Waals surface area contributed by atoms with Gasteiger partial charge in [-0.25, -0.2) is 0 Å². The second-order valence-corrected chi connectivity index (χ2v) is 5.35. The summed E-state index contributed by atoms with van der Waals surface area (Å²) in [6.45, 7) is 4.76. The van der Waals surface area contributed by atoms with Gasteiger partial charge in [-0.1, -0.05) is 49.7 Å². The van der Waals surface area contributed by atoms with Gasteiger partial charge in [-0.3, -0.25) is 0 Å². The van der Waals surface area contributed by atoms with Crippen molar-refractivity contribution in [2.24, 2.45) is 0 Å². The van der Waals surface area contributed by atoms with Crippen LogP contribution in [0.25, 0.3) is 0 Å². The molecule has 0 aliphatic rings. The van der Waals surface area contributed by atoms with Crippen LogP contribution in [0, 0.1) is 0 Å². The van der Waals surface area contributed by atoms with E-state index < -0.39 is 0 Å². The molecule has 2 aromatic rings. The van der Waals surface area contributed by atoms with Crippen molar-refractivity contribution in [3.63, 3.8) is 0 Å². The molecule has 0 bridgehead atoms. The van der Waals surface area contributed by atoms with Crippen LogP contribution < -0.4 is 10.5 Å². The fourth-order valence-electron chi connectivity index (χ4n) is 2.12. The van der Waals surface area contributed by atoms with E-state index in [9.17, 15) is 0 Å². The number of nitrogens with two attached hydrogens (primary N) is 1. The molecule has 2 rings (SSSR count). The summed E-state index contributed by atoms with van der Waals surface area (Å²) in [4.78, 5) is 0. The molecule has 1 atom stereocenters. The van der Waals surface area contributed by atoms with Crippen molar-refractivity contribution in [1.82, 2.24) is 0 Å². The van der Waals surface area contributed by atoms with Gasteiger partial charge in [-0.05, 0) is 36.1 Å². The number of benzene rings is 2. The van der Waals surface area contributed by atoms with Crippen molar-refractivity contribution in [2.75, 3.05) is 5.73 Å². The van der Waals surface area contributed by atoms with Gasteiger partial charge in [0.1, 0.15) is 12.4 Å². The highest BCUT2D eigenvalue weighted by Crippen LogP contribution is 2.30. The summed E-state index contributed by atoms with van der Waals surface area (Å²) >= 11 is 6.17. The van der Waals surface area contributed by atoms with Crippen LogP contribution in [0.1, 0.15) is 37.3 Å². The average Bonchev–Trinajstić information content (AvgIpc) is 2.46. The molecule has 0 saturated carbocycles. The van der Waals surface area contributed by atoms with Gasteiger partial charge in [0.15, 0.2) is 0 Å². The Hall–Kier alpha value is -1.67. The molecule has 0 radical (unpaired) electrons. The Morgan fingerprint density at radius 3 is 2.60 bits per heavy atom. The lowest BCUT2D eigenvalue weighted by molar-refractivity contribution is 0.302. The molecule has 0 spiro atoms. The molecule has 0 fully saturated rings. The molecule has 2 nitrogen and oxygen atoms in total. The third kappa shape index (κ3) is 3.26. The summed E-state index contributed by atoms with van der Waals surface area (Å²) in [5, 5.41) is 0.644. The molecule has 1 unspecified atom stereocenters. The molecule has 3 heteroatoms. The molecule has 0 amide bonds. The van der Waals surface area contributed by atoms with Crippen LogP contribution in [-0.2, 0) is 6.61 Å². The first-order valence-electron chi connectivity index (χ1n) is 6.88. The topological polar surface area (TPSA) is 35.2 Å². The monoisotopic (exact) mass is 289 g/mol. The van der Waals surface area contributed by atoms with Gasteiger partial charge in [0, 0.05) is 16.3 Å². The second kappa shape index (κ2) is 6.67. The molecule has 0 aliphatic carbocycles. The lowest BCUT2D eigenvalue weighted by Crippen LogP contribution is -2.03. The number of ether oxygens (including phenoxy) is 1. The van der Waals surface area contributed by atoms with Gasteiger partial charge in [0.25, 0.3) is 0 Å². The van der Waals surface area contributed by atoms with E-state index in [1.54, 1.807) is 0 Å². The quantitative estimate of drug-likeness (QED) is 0.785. The zero-order chi connectivity index (χ0) is 14.5. The van der Waals surface area contributed by atoms with Crippen LogP contribution in [0.5, 0.6) is 5.75 Å². The molecule has 2 aromatic carbocycles. The first kappa shape index (κ1) is 14.7. The number of hydrogen-bond donors (Lipinski definition) is 1. The summed E-state index contributed by atoms with van der Waals surface area (Å²) in [6, 6.07) is 13.6. The van der Waals surface area contributed by atoms with Gasteiger partial charge in [-0.15, -0.1) is 0 Å². The number of rotatable bonds is 5. The summed E-state index contributed by atoms with van der Waals surface area (Å²) in [6.07, 6.45) is 1.08. The number of nitrogen functional groups attached to an aromatic ring is 1. The molecule has 20 heavy (non-hydrogen) atoms. The maximum absolute atomic E-state index is 6.17. The van der Waals surface area contributed by atoms with E-state index >= 15 is 0 Å². The Kier molecular flexibility index (Phi) is 4.91. The minimum Gasteiger partial charge on any atom is -0.488 e. The van der Waals surface area contributed by atoms with Crippen LogP contribution >= 0.6 is 11.6 Å². The lowest BCUT2D eigenvalue weighted by Gasteiger charge is -2.16. The largest absolute Gasteiger partial charge is 0.488 e. The lowest BCUT2D eigenvalue weighted by atomic mass is 9.98. The summed E-state index contributed by atoms with van der Waals surface area (Å²) in [5.41, 5.74) is 8.67. The van der Waals surface area contributed by atoms with E-state index in [1.165, 1.54) is 5.56 Å². The van der Waals surface area contributed by atoms with Crippen molar-refractivity contribution in [1.29, 1.82) is 0 Å². The van der Waals surface area contributed by atoms with Crippen molar-refractivity contribution in [2.45, 2.75) is 32.8 Å². The van der Waals surface area contributed by atoms with Gasteiger partial charge in [-0.2, -0.15) is 0 Å². The smallest absolute Gasteiger partial charge is 0.123 e. The van der Waals surface area contributed by atoms with E-state index in [0.717, 1.165) is 17.7 Å². The van der Waals surface area contributed by atoms with Crippen LogP contribution in [0.4, 0.5) is 5.69 Å². The van der Waals surface area contributed by atoms with Gasteiger partial charge >= 0.3 is 0 Å².